The first-order valence-corrected chi connectivity index (χ1v) is 7.60. The second-order valence-electron chi connectivity index (χ2n) is 6.04. The second-order valence-corrected chi connectivity index (χ2v) is 6.04. The number of amides is 1. The normalized spacial score (nSPS) is 11.0. The number of rotatable bonds is 7. The zero-order chi connectivity index (χ0) is 16.0. The Morgan fingerprint density at radius 3 is 2.32 bits per heavy atom. The number of hydrogen-bond acceptors (Lipinski definition) is 1. The minimum atomic E-state index is -0.688. The van der Waals surface area contributed by atoms with Crippen LogP contribution in [0.3, 0.4) is 0 Å². The number of halogens is 2. The van der Waals surface area contributed by atoms with Gasteiger partial charge in [0, 0.05) is 39.7 Å². The zero-order valence-corrected chi connectivity index (χ0v) is 15.4. The van der Waals surface area contributed by atoms with Gasteiger partial charge in [0.15, 0.2) is 0 Å². The molecule has 0 N–H and O–H groups in total. The van der Waals surface area contributed by atoms with Gasteiger partial charge >= 0.3 is 0 Å². The summed E-state index contributed by atoms with van der Waals surface area (Å²) in [6.07, 6.45) is 3.30. The quantitative estimate of drug-likeness (QED) is 0.642. The van der Waals surface area contributed by atoms with E-state index in [2.05, 4.69) is 0 Å². The van der Waals surface area contributed by atoms with Gasteiger partial charge in [-0.05, 0) is 25.0 Å². The molecule has 1 aromatic carbocycles. The standard InChI is InChI=1S/C17H25F2NO.Ti/c1-5-7-11-20(16(21)17(3,4)10-6-2)15-9-8-13(18)12-14(15)19;/h8-9,12H,5-7,10-11H2,1-4H3;. The van der Waals surface area contributed by atoms with Crippen molar-refractivity contribution < 1.29 is 35.3 Å². The van der Waals surface area contributed by atoms with Crippen LogP contribution in [-0.2, 0) is 26.5 Å². The van der Waals surface area contributed by atoms with Gasteiger partial charge in [-0.1, -0.05) is 40.5 Å². The first kappa shape index (κ1) is 21.3. The maximum Gasteiger partial charge on any atom is 0.232 e. The average Bonchev–Trinajstić information content (AvgIpc) is 2.40. The molecule has 0 radical (unpaired) electrons. The zero-order valence-electron chi connectivity index (χ0n) is 13.9. The van der Waals surface area contributed by atoms with Crippen molar-refractivity contribution in [2.24, 2.45) is 5.41 Å². The third kappa shape index (κ3) is 5.47. The van der Waals surface area contributed by atoms with Crippen LogP contribution in [0.5, 0.6) is 0 Å². The fourth-order valence-electron chi connectivity index (χ4n) is 2.45. The number of nitrogens with zero attached hydrogens (tertiary/aromatic N) is 1. The van der Waals surface area contributed by atoms with Gasteiger partial charge in [-0.25, -0.2) is 8.78 Å². The first-order valence-electron chi connectivity index (χ1n) is 7.60. The largest absolute Gasteiger partial charge is 0.309 e. The van der Waals surface area contributed by atoms with Crippen LogP contribution in [0.4, 0.5) is 14.5 Å². The topological polar surface area (TPSA) is 20.3 Å². The van der Waals surface area contributed by atoms with E-state index >= 15 is 0 Å². The molecule has 0 aliphatic rings. The molecule has 0 unspecified atom stereocenters. The maximum atomic E-state index is 14.0. The van der Waals surface area contributed by atoms with Crippen molar-refractivity contribution in [3.63, 3.8) is 0 Å². The fraction of sp³-hybridized carbons (Fsp3) is 0.588. The van der Waals surface area contributed by atoms with Crippen molar-refractivity contribution in [1.29, 1.82) is 0 Å². The Balaban J connectivity index is 0.00000441. The Labute approximate surface area is 147 Å². The predicted octanol–water partition coefficient (Wildman–Crippen LogP) is 4.92. The van der Waals surface area contributed by atoms with Crippen LogP contribution in [0.2, 0.25) is 0 Å². The van der Waals surface area contributed by atoms with E-state index in [9.17, 15) is 13.6 Å². The van der Waals surface area contributed by atoms with E-state index in [1.165, 1.54) is 17.0 Å². The van der Waals surface area contributed by atoms with E-state index in [1.54, 1.807) is 0 Å². The van der Waals surface area contributed by atoms with Crippen LogP contribution in [0.1, 0.15) is 53.4 Å². The summed E-state index contributed by atoms with van der Waals surface area (Å²) in [6, 6.07) is 3.37. The summed E-state index contributed by atoms with van der Waals surface area (Å²) in [5, 5.41) is 0. The Hall–Kier alpha value is -0.736. The molecule has 1 amide bonds. The number of carbonyl (C=O) groups is 1. The Kier molecular flexibility index (Phi) is 9.10. The summed E-state index contributed by atoms with van der Waals surface area (Å²) >= 11 is 0. The summed E-state index contributed by atoms with van der Waals surface area (Å²) in [6.45, 7) is 8.23. The van der Waals surface area contributed by atoms with Crippen LogP contribution in [0, 0.1) is 17.0 Å². The summed E-state index contributed by atoms with van der Waals surface area (Å²) in [5.74, 6) is -1.43. The average molecular weight is 345 g/mol. The van der Waals surface area contributed by atoms with Crippen LogP contribution >= 0.6 is 0 Å². The smallest absolute Gasteiger partial charge is 0.232 e. The molecule has 1 rings (SSSR count). The number of anilines is 1. The molecule has 0 spiro atoms. The maximum absolute atomic E-state index is 14.0. The SMILES string of the molecule is CCCCN(C(=O)C(C)(C)CCC)c1ccc(F)cc1F.[Ti]. The Bertz CT molecular complexity index is 492. The van der Waals surface area contributed by atoms with Crippen molar-refractivity contribution in [2.75, 3.05) is 11.4 Å². The summed E-state index contributed by atoms with van der Waals surface area (Å²) in [5.41, 5.74) is -0.386. The van der Waals surface area contributed by atoms with Crippen LogP contribution < -0.4 is 4.90 Å². The third-order valence-corrected chi connectivity index (χ3v) is 3.63. The van der Waals surface area contributed by atoms with E-state index in [4.69, 9.17) is 0 Å². The molecular formula is C17H25F2NOTi. The van der Waals surface area contributed by atoms with Gasteiger partial charge in [0.25, 0.3) is 0 Å². The predicted molar refractivity (Wildman–Crippen MR) is 82.3 cm³/mol. The number of hydrogen-bond donors (Lipinski definition) is 0. The molecule has 5 heteroatoms. The molecule has 2 nitrogen and oxygen atoms in total. The monoisotopic (exact) mass is 345 g/mol. The fourth-order valence-corrected chi connectivity index (χ4v) is 2.45. The van der Waals surface area contributed by atoms with Gasteiger partial charge in [-0.2, -0.15) is 0 Å². The van der Waals surface area contributed by atoms with Crippen molar-refractivity contribution >= 4 is 11.6 Å². The van der Waals surface area contributed by atoms with Gasteiger partial charge in [0.1, 0.15) is 11.6 Å². The van der Waals surface area contributed by atoms with Gasteiger partial charge in [-0.15, -0.1) is 0 Å². The van der Waals surface area contributed by atoms with Crippen LogP contribution in [-0.4, -0.2) is 12.5 Å². The molecule has 0 aliphatic heterocycles. The third-order valence-electron chi connectivity index (χ3n) is 3.63. The van der Waals surface area contributed by atoms with Crippen molar-refractivity contribution in [3.05, 3.63) is 29.8 Å². The van der Waals surface area contributed by atoms with Crippen LogP contribution in [0.15, 0.2) is 18.2 Å². The van der Waals surface area contributed by atoms with Gasteiger partial charge in [0.2, 0.25) is 5.91 Å². The molecule has 0 saturated heterocycles. The first-order chi connectivity index (χ1) is 9.83. The second kappa shape index (κ2) is 9.41. The van der Waals surface area contributed by atoms with E-state index in [0.717, 1.165) is 31.7 Å². The molecule has 0 aromatic heterocycles. The van der Waals surface area contributed by atoms with Crippen molar-refractivity contribution in [3.8, 4) is 0 Å². The number of carbonyl (C=O) groups excluding carboxylic acids is 1. The summed E-state index contributed by atoms with van der Waals surface area (Å²) in [7, 11) is 0. The van der Waals surface area contributed by atoms with Crippen LogP contribution in [0.25, 0.3) is 0 Å². The molecule has 0 atom stereocenters. The molecule has 22 heavy (non-hydrogen) atoms. The Morgan fingerprint density at radius 2 is 1.82 bits per heavy atom. The van der Waals surface area contributed by atoms with Crippen molar-refractivity contribution in [1.82, 2.24) is 0 Å². The molecule has 122 valence electrons. The molecule has 0 heterocycles. The summed E-state index contributed by atoms with van der Waals surface area (Å²) < 4.78 is 27.1. The van der Waals surface area contributed by atoms with E-state index in [0.29, 0.717) is 6.54 Å². The minimum absolute atomic E-state index is 0. The van der Waals surface area contributed by atoms with Crippen molar-refractivity contribution in [2.45, 2.75) is 53.4 Å². The van der Waals surface area contributed by atoms with Gasteiger partial charge < -0.3 is 4.90 Å². The van der Waals surface area contributed by atoms with E-state index in [-0.39, 0.29) is 33.3 Å². The molecule has 0 fully saturated rings. The van der Waals surface area contributed by atoms with Gasteiger partial charge in [-0.3, -0.25) is 4.79 Å². The molecule has 0 saturated carbocycles. The Morgan fingerprint density at radius 1 is 1.18 bits per heavy atom. The molecule has 0 aliphatic carbocycles. The minimum Gasteiger partial charge on any atom is -0.309 e. The molecule has 1 aromatic rings. The number of unbranched alkanes of at least 4 members (excludes halogenated alkanes) is 1. The van der Waals surface area contributed by atoms with Gasteiger partial charge in [0.05, 0.1) is 5.69 Å². The summed E-state index contributed by atoms with van der Waals surface area (Å²) in [4.78, 5) is 14.2. The van der Waals surface area contributed by atoms with E-state index in [1.807, 2.05) is 27.7 Å². The number of benzene rings is 1. The van der Waals surface area contributed by atoms with E-state index < -0.39 is 17.0 Å². The molecular weight excluding hydrogens is 320 g/mol. The molecule has 0 bridgehead atoms.